The highest BCUT2D eigenvalue weighted by Gasteiger charge is 2.24. The molecule has 0 spiro atoms. The van der Waals surface area contributed by atoms with Gasteiger partial charge in [-0.2, -0.15) is 5.10 Å². The molecule has 0 aromatic heterocycles. The van der Waals surface area contributed by atoms with Gasteiger partial charge in [0.1, 0.15) is 12.4 Å². The molecule has 29 heavy (non-hydrogen) atoms. The van der Waals surface area contributed by atoms with E-state index < -0.39 is 11.9 Å². The molecule has 148 valence electrons. The van der Waals surface area contributed by atoms with Crippen LogP contribution in [0.4, 0.5) is 0 Å². The van der Waals surface area contributed by atoms with Crippen molar-refractivity contribution in [2.75, 3.05) is 7.11 Å². The van der Waals surface area contributed by atoms with Crippen LogP contribution < -0.4 is 10.1 Å². The lowest BCUT2D eigenvalue weighted by atomic mass is 10.2. The maximum Gasteiger partial charge on any atom is 0.331 e. The first kappa shape index (κ1) is 20.6. The Morgan fingerprint density at radius 1 is 1.24 bits per heavy atom. The molecule has 2 aromatic carbocycles. The zero-order valence-corrected chi connectivity index (χ0v) is 16.9. The number of ether oxygens (including phenoxy) is 2. The minimum Gasteiger partial charge on any atom is -0.489 e. The van der Waals surface area contributed by atoms with E-state index in [-0.39, 0.29) is 10.1 Å². The smallest absolute Gasteiger partial charge is 0.331 e. The Balaban J connectivity index is 1.61. The van der Waals surface area contributed by atoms with Gasteiger partial charge < -0.3 is 9.47 Å². The summed E-state index contributed by atoms with van der Waals surface area (Å²) in [6.45, 7) is 0.348. The Morgan fingerprint density at radius 2 is 2.07 bits per heavy atom. The standard InChI is InChI=1S/C20H16ClN3O4S/c1-27-18(25)10-17-19(26)23-20(29-17)24-22-11-13-5-4-7-15(9-13)28-12-14-6-2-3-8-16(14)21/h2-11H,12H2,1H3,(H,23,24,26)/b17-10+,22-11?. The van der Waals surface area contributed by atoms with Gasteiger partial charge >= 0.3 is 5.97 Å². The summed E-state index contributed by atoms with van der Waals surface area (Å²) in [6.07, 6.45) is 2.64. The second-order valence-electron chi connectivity index (χ2n) is 5.69. The largest absolute Gasteiger partial charge is 0.489 e. The Morgan fingerprint density at radius 3 is 2.86 bits per heavy atom. The van der Waals surface area contributed by atoms with Gasteiger partial charge in [-0.25, -0.2) is 4.79 Å². The molecule has 1 heterocycles. The molecule has 1 fully saturated rings. The summed E-state index contributed by atoms with van der Waals surface area (Å²) in [4.78, 5) is 23.2. The topological polar surface area (TPSA) is 89.3 Å². The zero-order valence-electron chi connectivity index (χ0n) is 15.3. The molecule has 7 nitrogen and oxygen atoms in total. The predicted octanol–water partition coefficient (Wildman–Crippen LogP) is 3.53. The summed E-state index contributed by atoms with van der Waals surface area (Å²) in [6, 6.07) is 14.8. The molecule has 0 saturated carbocycles. The van der Waals surface area contributed by atoms with Crippen molar-refractivity contribution in [2.24, 2.45) is 10.2 Å². The molecule has 1 amide bonds. The first-order chi connectivity index (χ1) is 14.0. The molecule has 2 aromatic rings. The van der Waals surface area contributed by atoms with Gasteiger partial charge in [0.15, 0.2) is 5.17 Å². The quantitative estimate of drug-likeness (QED) is 0.328. The van der Waals surface area contributed by atoms with Gasteiger partial charge in [0, 0.05) is 16.7 Å². The monoisotopic (exact) mass is 429 g/mol. The summed E-state index contributed by atoms with van der Waals surface area (Å²) < 4.78 is 10.3. The Kier molecular flexibility index (Phi) is 7.04. The number of hydrogen-bond acceptors (Lipinski definition) is 7. The molecular formula is C20H16ClN3O4S. The zero-order chi connectivity index (χ0) is 20.6. The second-order valence-corrected chi connectivity index (χ2v) is 7.13. The van der Waals surface area contributed by atoms with Gasteiger partial charge in [-0.15, -0.1) is 5.10 Å². The average Bonchev–Trinajstić information content (AvgIpc) is 3.06. The summed E-state index contributed by atoms with van der Waals surface area (Å²) in [5, 5.41) is 11.4. The van der Waals surface area contributed by atoms with Crippen molar-refractivity contribution in [3.8, 4) is 5.75 Å². The van der Waals surface area contributed by atoms with Gasteiger partial charge in [0.25, 0.3) is 5.91 Å². The van der Waals surface area contributed by atoms with E-state index in [4.69, 9.17) is 16.3 Å². The summed E-state index contributed by atoms with van der Waals surface area (Å²) >= 11 is 7.14. The van der Waals surface area contributed by atoms with Crippen molar-refractivity contribution < 1.29 is 19.1 Å². The highest BCUT2D eigenvalue weighted by molar-refractivity contribution is 8.18. The third kappa shape index (κ3) is 5.94. The van der Waals surface area contributed by atoms with Crippen LogP contribution in [0.5, 0.6) is 5.75 Å². The van der Waals surface area contributed by atoms with Gasteiger partial charge in [-0.05, 0) is 35.5 Å². The number of thioether (sulfide) groups is 1. The molecule has 1 saturated heterocycles. The fourth-order valence-electron chi connectivity index (χ4n) is 2.25. The highest BCUT2D eigenvalue weighted by Crippen LogP contribution is 2.23. The number of nitrogens with zero attached hydrogens (tertiary/aromatic N) is 2. The SMILES string of the molecule is COC(=O)/C=C1/S/C(=N\N=Cc2cccc(OCc3ccccc3Cl)c2)NC1=O. The van der Waals surface area contributed by atoms with Gasteiger partial charge in [-0.3, -0.25) is 10.1 Å². The summed E-state index contributed by atoms with van der Waals surface area (Å²) in [5.41, 5.74) is 1.66. The predicted molar refractivity (Wildman–Crippen MR) is 113 cm³/mol. The minimum atomic E-state index is -0.610. The van der Waals surface area contributed by atoms with Gasteiger partial charge in [0.05, 0.1) is 18.2 Å². The first-order valence-corrected chi connectivity index (χ1v) is 9.61. The van der Waals surface area contributed by atoms with E-state index >= 15 is 0 Å². The molecule has 3 rings (SSSR count). The first-order valence-electron chi connectivity index (χ1n) is 8.41. The molecule has 1 N–H and O–H groups in total. The number of carbonyl (C=O) groups is 2. The Labute approximate surface area is 176 Å². The van der Waals surface area contributed by atoms with Crippen LogP contribution in [-0.2, 0) is 20.9 Å². The molecule has 0 aliphatic carbocycles. The lowest BCUT2D eigenvalue weighted by Gasteiger charge is -2.08. The third-order valence-electron chi connectivity index (χ3n) is 3.67. The summed E-state index contributed by atoms with van der Waals surface area (Å²) in [5.74, 6) is -0.376. The normalized spacial score (nSPS) is 16.4. The fraction of sp³-hybridized carbons (Fsp3) is 0.100. The Bertz CT molecular complexity index is 1020. The lowest BCUT2D eigenvalue weighted by molar-refractivity contribution is -0.135. The van der Waals surface area contributed by atoms with Gasteiger partial charge in [-0.1, -0.05) is 41.9 Å². The number of hydrogen-bond donors (Lipinski definition) is 1. The van der Waals surface area contributed by atoms with Crippen LogP contribution in [0.15, 0.2) is 69.7 Å². The molecule has 0 unspecified atom stereocenters. The number of halogens is 1. The molecule has 9 heteroatoms. The average molecular weight is 430 g/mol. The lowest BCUT2D eigenvalue weighted by Crippen LogP contribution is -2.19. The van der Waals surface area contributed by atoms with Crippen molar-refractivity contribution in [2.45, 2.75) is 6.61 Å². The third-order valence-corrected chi connectivity index (χ3v) is 4.94. The molecule has 0 bridgehead atoms. The van der Waals surface area contributed by atoms with E-state index in [2.05, 4.69) is 20.3 Å². The maximum absolute atomic E-state index is 11.8. The molecule has 0 atom stereocenters. The summed E-state index contributed by atoms with van der Waals surface area (Å²) in [7, 11) is 1.24. The van der Waals surface area contributed by atoms with Crippen molar-refractivity contribution in [3.05, 3.63) is 75.7 Å². The highest BCUT2D eigenvalue weighted by atomic mass is 35.5. The maximum atomic E-state index is 11.8. The number of benzene rings is 2. The van der Waals surface area contributed by atoms with Crippen LogP contribution in [0, 0.1) is 0 Å². The molecular weight excluding hydrogens is 414 g/mol. The van der Waals surface area contributed by atoms with Crippen molar-refractivity contribution >= 4 is 46.6 Å². The number of amides is 1. The number of nitrogens with one attached hydrogen (secondary N) is 1. The second kappa shape index (κ2) is 9.90. The van der Waals surface area contributed by atoms with Crippen molar-refractivity contribution in [3.63, 3.8) is 0 Å². The van der Waals surface area contributed by atoms with Crippen LogP contribution in [0.25, 0.3) is 0 Å². The minimum absolute atomic E-state index is 0.195. The van der Waals surface area contributed by atoms with Crippen molar-refractivity contribution in [1.29, 1.82) is 0 Å². The van der Waals surface area contributed by atoms with E-state index in [1.54, 1.807) is 0 Å². The van der Waals surface area contributed by atoms with Crippen molar-refractivity contribution in [1.82, 2.24) is 5.32 Å². The fourth-order valence-corrected chi connectivity index (χ4v) is 3.18. The number of methoxy groups -OCH3 is 1. The molecule has 1 aliphatic rings. The van der Waals surface area contributed by atoms with E-state index in [0.29, 0.717) is 17.4 Å². The number of amidine groups is 1. The van der Waals surface area contributed by atoms with Gasteiger partial charge in [0.2, 0.25) is 0 Å². The number of carbonyl (C=O) groups excluding carboxylic acids is 2. The number of esters is 1. The molecule has 0 radical (unpaired) electrons. The van der Waals surface area contributed by atoms with E-state index in [0.717, 1.165) is 29.0 Å². The van der Waals surface area contributed by atoms with Crippen LogP contribution >= 0.6 is 23.4 Å². The van der Waals surface area contributed by atoms with Crippen LogP contribution in [-0.4, -0.2) is 30.4 Å². The Hall–Kier alpha value is -3.10. The van der Waals surface area contributed by atoms with E-state index in [1.807, 2.05) is 48.5 Å². The van der Waals surface area contributed by atoms with Crippen LogP contribution in [0.1, 0.15) is 11.1 Å². The van der Waals surface area contributed by atoms with Crippen LogP contribution in [0.3, 0.4) is 0 Å². The molecule has 1 aliphatic heterocycles. The number of rotatable bonds is 6. The van der Waals surface area contributed by atoms with Crippen LogP contribution in [0.2, 0.25) is 5.02 Å². The van der Waals surface area contributed by atoms with E-state index in [1.165, 1.54) is 13.3 Å². The van der Waals surface area contributed by atoms with E-state index in [9.17, 15) is 9.59 Å².